The molecule has 0 aliphatic carbocycles. The molecule has 0 saturated carbocycles. The zero-order valence-electron chi connectivity index (χ0n) is 7.55. The van der Waals surface area contributed by atoms with Crippen molar-refractivity contribution in [1.29, 1.82) is 0 Å². The molecule has 0 aliphatic rings. The van der Waals surface area contributed by atoms with E-state index >= 15 is 0 Å². The summed E-state index contributed by atoms with van der Waals surface area (Å²) in [5.41, 5.74) is -0.900. The lowest BCUT2D eigenvalue weighted by molar-refractivity contribution is -0.141. The van der Waals surface area contributed by atoms with Gasteiger partial charge in [0.1, 0.15) is 5.69 Å². The minimum atomic E-state index is -4.41. The van der Waals surface area contributed by atoms with Gasteiger partial charge in [0.25, 0.3) is 0 Å². The van der Waals surface area contributed by atoms with Crippen molar-refractivity contribution in [3.05, 3.63) is 18.0 Å². The van der Waals surface area contributed by atoms with Gasteiger partial charge in [-0.25, -0.2) is 4.98 Å². The molecule has 0 unspecified atom stereocenters. The van der Waals surface area contributed by atoms with E-state index in [1.807, 2.05) is 0 Å². The third-order valence-electron chi connectivity index (χ3n) is 1.56. The SMILES string of the molecule is COc1cnc(C(F)(F)F)cc1SC. The van der Waals surface area contributed by atoms with E-state index in [2.05, 4.69) is 4.98 Å². The van der Waals surface area contributed by atoms with Crippen molar-refractivity contribution in [3.63, 3.8) is 0 Å². The van der Waals surface area contributed by atoms with Crippen LogP contribution in [0.2, 0.25) is 0 Å². The van der Waals surface area contributed by atoms with E-state index < -0.39 is 11.9 Å². The average molecular weight is 223 g/mol. The fourth-order valence-corrected chi connectivity index (χ4v) is 1.46. The third kappa shape index (κ3) is 2.31. The quantitative estimate of drug-likeness (QED) is 0.720. The van der Waals surface area contributed by atoms with E-state index in [-0.39, 0.29) is 0 Å². The van der Waals surface area contributed by atoms with E-state index in [4.69, 9.17) is 4.74 Å². The Morgan fingerprint density at radius 3 is 2.50 bits per heavy atom. The van der Waals surface area contributed by atoms with Crippen LogP contribution in [0.15, 0.2) is 17.2 Å². The molecule has 0 amide bonds. The summed E-state index contributed by atoms with van der Waals surface area (Å²) in [7, 11) is 1.39. The Bertz CT molecular complexity index is 327. The average Bonchev–Trinajstić information content (AvgIpc) is 2.15. The van der Waals surface area contributed by atoms with Gasteiger partial charge in [-0.2, -0.15) is 13.2 Å². The standard InChI is InChI=1S/C8H8F3NOS/c1-13-5-4-12-7(8(9,10)11)3-6(5)14-2/h3-4H,1-2H3. The maximum Gasteiger partial charge on any atom is 0.433 e. The Morgan fingerprint density at radius 2 is 2.07 bits per heavy atom. The van der Waals surface area contributed by atoms with E-state index in [0.717, 1.165) is 12.3 Å². The molecular formula is C8H8F3NOS. The molecule has 0 bridgehead atoms. The number of halogens is 3. The van der Waals surface area contributed by atoms with Gasteiger partial charge in [-0.15, -0.1) is 11.8 Å². The molecule has 0 aliphatic heterocycles. The number of pyridine rings is 1. The molecule has 0 N–H and O–H groups in total. The number of methoxy groups -OCH3 is 1. The molecule has 14 heavy (non-hydrogen) atoms. The number of ether oxygens (including phenoxy) is 1. The normalized spacial score (nSPS) is 11.5. The molecule has 0 atom stereocenters. The molecule has 1 aromatic rings. The number of hydrogen-bond donors (Lipinski definition) is 0. The molecule has 1 aromatic heterocycles. The number of nitrogens with zero attached hydrogens (tertiary/aromatic N) is 1. The zero-order valence-corrected chi connectivity index (χ0v) is 8.37. The monoisotopic (exact) mass is 223 g/mol. The van der Waals surface area contributed by atoms with Crippen molar-refractivity contribution in [1.82, 2.24) is 4.98 Å². The summed E-state index contributed by atoms with van der Waals surface area (Å²) >= 11 is 1.19. The smallest absolute Gasteiger partial charge is 0.433 e. The second kappa shape index (κ2) is 4.08. The van der Waals surface area contributed by atoms with Crippen molar-refractivity contribution >= 4 is 11.8 Å². The first kappa shape index (κ1) is 11.2. The van der Waals surface area contributed by atoms with Gasteiger partial charge >= 0.3 is 6.18 Å². The molecule has 6 heteroatoms. The molecule has 1 heterocycles. The van der Waals surface area contributed by atoms with Gasteiger partial charge < -0.3 is 4.74 Å². The lowest BCUT2D eigenvalue weighted by Gasteiger charge is -2.09. The molecule has 0 spiro atoms. The highest BCUT2D eigenvalue weighted by atomic mass is 32.2. The van der Waals surface area contributed by atoms with Crippen LogP contribution < -0.4 is 4.74 Å². The van der Waals surface area contributed by atoms with Gasteiger partial charge in [-0.05, 0) is 12.3 Å². The van der Waals surface area contributed by atoms with Crippen molar-refractivity contribution < 1.29 is 17.9 Å². The number of alkyl halides is 3. The van der Waals surface area contributed by atoms with E-state index in [9.17, 15) is 13.2 Å². The van der Waals surface area contributed by atoms with E-state index in [0.29, 0.717) is 10.6 Å². The summed E-state index contributed by atoms with van der Waals surface area (Å²) in [6, 6.07) is 0.976. The van der Waals surface area contributed by atoms with Gasteiger partial charge in [0.2, 0.25) is 0 Å². The summed E-state index contributed by atoms with van der Waals surface area (Å²) in [6.07, 6.45) is -1.65. The summed E-state index contributed by atoms with van der Waals surface area (Å²) in [5, 5.41) is 0. The van der Waals surface area contributed by atoms with Crippen molar-refractivity contribution in [2.45, 2.75) is 11.1 Å². The molecule has 1 rings (SSSR count). The van der Waals surface area contributed by atoms with Crippen LogP contribution in [0.3, 0.4) is 0 Å². The Morgan fingerprint density at radius 1 is 1.43 bits per heavy atom. The highest BCUT2D eigenvalue weighted by Gasteiger charge is 2.33. The van der Waals surface area contributed by atoms with Crippen molar-refractivity contribution in [3.8, 4) is 5.75 Å². The Labute approximate surface area is 83.5 Å². The zero-order chi connectivity index (χ0) is 10.8. The van der Waals surface area contributed by atoms with Gasteiger partial charge in [-0.1, -0.05) is 0 Å². The molecule has 0 aromatic carbocycles. The summed E-state index contributed by atoms with van der Waals surface area (Å²) in [5.74, 6) is 0.352. The highest BCUT2D eigenvalue weighted by molar-refractivity contribution is 7.98. The number of thioether (sulfide) groups is 1. The first-order valence-electron chi connectivity index (χ1n) is 3.64. The Hall–Kier alpha value is -0.910. The molecule has 78 valence electrons. The summed E-state index contributed by atoms with van der Waals surface area (Å²) < 4.78 is 41.5. The van der Waals surface area contributed by atoms with Crippen LogP contribution in [0.1, 0.15) is 5.69 Å². The second-order valence-electron chi connectivity index (χ2n) is 2.42. The number of aromatic nitrogens is 1. The van der Waals surface area contributed by atoms with Crippen LogP contribution in [0.4, 0.5) is 13.2 Å². The van der Waals surface area contributed by atoms with Gasteiger partial charge in [0.15, 0.2) is 5.75 Å². The second-order valence-corrected chi connectivity index (χ2v) is 3.27. The van der Waals surface area contributed by atoms with Gasteiger partial charge in [0.05, 0.1) is 18.2 Å². The lowest BCUT2D eigenvalue weighted by Crippen LogP contribution is -2.08. The van der Waals surface area contributed by atoms with Crippen LogP contribution in [-0.2, 0) is 6.18 Å². The summed E-state index contributed by atoms with van der Waals surface area (Å²) in [4.78, 5) is 3.69. The van der Waals surface area contributed by atoms with Crippen molar-refractivity contribution in [2.24, 2.45) is 0 Å². The maximum atomic E-state index is 12.2. The Kier molecular flexibility index (Phi) is 3.25. The van der Waals surface area contributed by atoms with E-state index in [1.54, 1.807) is 6.26 Å². The fraction of sp³-hybridized carbons (Fsp3) is 0.375. The first-order valence-corrected chi connectivity index (χ1v) is 4.86. The summed E-state index contributed by atoms with van der Waals surface area (Å²) in [6.45, 7) is 0. The number of rotatable bonds is 2. The van der Waals surface area contributed by atoms with Gasteiger partial charge in [-0.3, -0.25) is 0 Å². The fourth-order valence-electron chi connectivity index (χ4n) is 0.892. The van der Waals surface area contributed by atoms with Crippen LogP contribution in [0.25, 0.3) is 0 Å². The molecule has 0 fully saturated rings. The molecular weight excluding hydrogens is 215 g/mol. The topological polar surface area (TPSA) is 22.1 Å². The molecule has 0 radical (unpaired) electrons. The third-order valence-corrected chi connectivity index (χ3v) is 2.32. The maximum absolute atomic E-state index is 12.2. The largest absolute Gasteiger partial charge is 0.494 e. The molecule has 0 saturated heterocycles. The highest BCUT2D eigenvalue weighted by Crippen LogP contribution is 2.33. The van der Waals surface area contributed by atoms with Crippen molar-refractivity contribution in [2.75, 3.05) is 13.4 Å². The minimum Gasteiger partial charge on any atom is -0.494 e. The van der Waals surface area contributed by atoms with Crippen LogP contribution in [0, 0.1) is 0 Å². The first-order chi connectivity index (χ1) is 6.49. The predicted molar refractivity (Wildman–Crippen MR) is 47.6 cm³/mol. The minimum absolute atomic E-state index is 0.352. The number of hydrogen-bond acceptors (Lipinski definition) is 3. The van der Waals surface area contributed by atoms with Gasteiger partial charge in [0, 0.05) is 0 Å². The van der Waals surface area contributed by atoms with E-state index in [1.165, 1.54) is 18.9 Å². The molecule has 2 nitrogen and oxygen atoms in total. The van der Waals surface area contributed by atoms with Crippen LogP contribution in [-0.4, -0.2) is 18.3 Å². The van der Waals surface area contributed by atoms with Crippen LogP contribution in [0.5, 0.6) is 5.75 Å². The Balaban J connectivity index is 3.14. The van der Waals surface area contributed by atoms with Crippen LogP contribution >= 0.6 is 11.8 Å². The predicted octanol–water partition coefficient (Wildman–Crippen LogP) is 2.83. The lowest BCUT2D eigenvalue weighted by atomic mass is 10.3.